The van der Waals surface area contributed by atoms with E-state index in [1.165, 1.54) is 12.0 Å². The first-order chi connectivity index (χ1) is 12.3. The van der Waals surface area contributed by atoms with Gasteiger partial charge < -0.3 is 13.8 Å². The summed E-state index contributed by atoms with van der Waals surface area (Å²) in [5, 5.41) is 4.00. The highest BCUT2D eigenvalue weighted by Crippen LogP contribution is 2.38. The Labute approximate surface area is 144 Å². The number of amides is 1. The van der Waals surface area contributed by atoms with Gasteiger partial charge in [-0.1, -0.05) is 35.5 Å². The summed E-state index contributed by atoms with van der Waals surface area (Å²) < 4.78 is 10.1. The number of benzene rings is 1. The minimum atomic E-state index is -0.0525. The number of aromatic nitrogens is 2. The third-order valence-electron chi connectivity index (χ3n) is 4.50. The van der Waals surface area contributed by atoms with E-state index in [2.05, 4.69) is 22.3 Å². The lowest BCUT2D eigenvalue weighted by Crippen LogP contribution is -2.27. The summed E-state index contributed by atoms with van der Waals surface area (Å²) in [6, 6.07) is 13.7. The Hall–Kier alpha value is -3.15. The molecule has 2 atom stereocenters. The third kappa shape index (κ3) is 3.24. The molecule has 0 radical (unpaired) electrons. The molecule has 126 valence electrons. The van der Waals surface area contributed by atoms with Gasteiger partial charge in [0.25, 0.3) is 0 Å². The molecule has 0 N–H and O–H groups in total. The second kappa shape index (κ2) is 6.76. The highest BCUT2D eigenvalue weighted by molar-refractivity contribution is 5.91. The first kappa shape index (κ1) is 15.4. The molecular weight excluding hydrogens is 318 g/mol. The molecule has 3 heterocycles. The van der Waals surface area contributed by atoms with E-state index in [-0.39, 0.29) is 17.7 Å². The maximum atomic E-state index is 12.6. The predicted molar refractivity (Wildman–Crippen MR) is 90.5 cm³/mol. The highest BCUT2D eigenvalue weighted by atomic mass is 16.5. The molecule has 2 aromatic heterocycles. The van der Waals surface area contributed by atoms with Crippen LogP contribution < -0.4 is 0 Å². The van der Waals surface area contributed by atoms with E-state index in [0.717, 1.165) is 0 Å². The van der Waals surface area contributed by atoms with Crippen LogP contribution in [0.3, 0.4) is 0 Å². The van der Waals surface area contributed by atoms with Crippen LogP contribution in [0.25, 0.3) is 6.08 Å². The van der Waals surface area contributed by atoms with Gasteiger partial charge in [-0.15, -0.1) is 0 Å². The summed E-state index contributed by atoms with van der Waals surface area (Å²) in [5.74, 6) is 1.39. The molecule has 1 aliphatic rings. The molecule has 0 bridgehead atoms. The monoisotopic (exact) mass is 335 g/mol. The van der Waals surface area contributed by atoms with Crippen LogP contribution in [-0.2, 0) is 4.79 Å². The summed E-state index contributed by atoms with van der Waals surface area (Å²) >= 11 is 0. The van der Waals surface area contributed by atoms with Gasteiger partial charge >= 0.3 is 0 Å². The summed E-state index contributed by atoms with van der Waals surface area (Å²) in [7, 11) is 0. The number of furan rings is 1. The Kier molecular flexibility index (Phi) is 4.16. The highest BCUT2D eigenvalue weighted by Gasteiger charge is 2.38. The second-order valence-corrected chi connectivity index (χ2v) is 6.01. The topological polar surface area (TPSA) is 72.4 Å². The number of carbonyl (C=O) groups is 1. The minimum absolute atomic E-state index is 0.0158. The standard InChI is InChI=1S/C19H17N3O3/c23-18(9-8-15-7-4-10-24-15)22-11-16(14-5-2-1-3-6-14)17(12-22)19-20-13-25-21-19/h1-10,13,16-17H,11-12H2/b9-8+/t16-,17-/m0/s1. The van der Waals surface area contributed by atoms with Crippen LogP contribution in [0.1, 0.15) is 29.0 Å². The van der Waals surface area contributed by atoms with E-state index < -0.39 is 0 Å². The lowest BCUT2D eigenvalue weighted by atomic mass is 9.88. The summed E-state index contributed by atoms with van der Waals surface area (Å²) in [6.07, 6.45) is 6.14. The lowest BCUT2D eigenvalue weighted by molar-refractivity contribution is -0.125. The molecule has 0 saturated carbocycles. The zero-order chi connectivity index (χ0) is 17.1. The average Bonchev–Trinajstić information content (AvgIpc) is 3.41. The smallest absolute Gasteiger partial charge is 0.246 e. The Morgan fingerprint density at radius 3 is 2.68 bits per heavy atom. The third-order valence-corrected chi connectivity index (χ3v) is 4.50. The summed E-state index contributed by atoms with van der Waals surface area (Å²) in [5.41, 5.74) is 1.17. The molecular formula is C19H17N3O3. The van der Waals surface area contributed by atoms with Crippen LogP contribution in [0.5, 0.6) is 0 Å². The van der Waals surface area contributed by atoms with Crippen LogP contribution in [0, 0.1) is 0 Å². The Bertz CT molecular complexity index is 841. The normalized spacial score (nSPS) is 20.4. The van der Waals surface area contributed by atoms with Gasteiger partial charge in [0.15, 0.2) is 5.82 Å². The van der Waals surface area contributed by atoms with Crippen molar-refractivity contribution in [2.24, 2.45) is 0 Å². The average molecular weight is 335 g/mol. The number of carbonyl (C=O) groups excluding carboxylic acids is 1. The van der Waals surface area contributed by atoms with Crippen LogP contribution in [0.15, 0.2) is 70.1 Å². The van der Waals surface area contributed by atoms with Gasteiger partial charge in [-0.25, -0.2) is 0 Å². The molecule has 1 amide bonds. The first-order valence-electron chi connectivity index (χ1n) is 8.13. The molecule has 0 unspecified atom stereocenters. The Morgan fingerprint density at radius 2 is 1.96 bits per heavy atom. The summed E-state index contributed by atoms with van der Waals surface area (Å²) in [6.45, 7) is 1.17. The number of hydrogen-bond donors (Lipinski definition) is 0. The van der Waals surface area contributed by atoms with Crippen LogP contribution >= 0.6 is 0 Å². The van der Waals surface area contributed by atoms with E-state index in [9.17, 15) is 4.79 Å². The van der Waals surface area contributed by atoms with Gasteiger partial charge in [0.2, 0.25) is 12.3 Å². The molecule has 0 aliphatic carbocycles. The van der Waals surface area contributed by atoms with Gasteiger partial charge in [0, 0.05) is 31.0 Å². The van der Waals surface area contributed by atoms with E-state index in [1.807, 2.05) is 29.2 Å². The van der Waals surface area contributed by atoms with E-state index in [1.54, 1.807) is 24.5 Å². The quantitative estimate of drug-likeness (QED) is 0.685. The maximum absolute atomic E-state index is 12.6. The SMILES string of the molecule is O=C(/C=C/c1ccco1)N1C[C@H](c2ncon2)[C@H](c2ccccc2)C1. The first-order valence-corrected chi connectivity index (χ1v) is 8.13. The fourth-order valence-electron chi connectivity index (χ4n) is 3.27. The number of hydrogen-bond acceptors (Lipinski definition) is 5. The van der Waals surface area contributed by atoms with Crippen LogP contribution in [0.2, 0.25) is 0 Å². The molecule has 0 spiro atoms. The predicted octanol–water partition coefficient (Wildman–Crippen LogP) is 3.09. The van der Waals surface area contributed by atoms with Crippen LogP contribution in [0.4, 0.5) is 0 Å². The molecule has 6 nitrogen and oxygen atoms in total. The van der Waals surface area contributed by atoms with E-state index >= 15 is 0 Å². The molecule has 25 heavy (non-hydrogen) atoms. The van der Waals surface area contributed by atoms with Crippen molar-refractivity contribution >= 4 is 12.0 Å². The second-order valence-electron chi connectivity index (χ2n) is 6.01. The number of rotatable bonds is 4. The van der Waals surface area contributed by atoms with Gasteiger partial charge in [0.05, 0.1) is 6.26 Å². The lowest BCUT2D eigenvalue weighted by Gasteiger charge is -2.15. The van der Waals surface area contributed by atoms with Crippen molar-refractivity contribution in [3.63, 3.8) is 0 Å². The van der Waals surface area contributed by atoms with Gasteiger partial charge in [0.1, 0.15) is 5.76 Å². The van der Waals surface area contributed by atoms with Crippen molar-refractivity contribution in [1.29, 1.82) is 0 Å². The molecule has 3 aromatic rings. The Morgan fingerprint density at radius 1 is 1.12 bits per heavy atom. The maximum Gasteiger partial charge on any atom is 0.246 e. The van der Waals surface area contributed by atoms with Gasteiger partial charge in [-0.05, 0) is 23.8 Å². The largest absolute Gasteiger partial charge is 0.465 e. The molecule has 4 rings (SSSR count). The molecule has 1 aromatic carbocycles. The van der Waals surface area contributed by atoms with E-state index in [4.69, 9.17) is 8.94 Å². The van der Waals surface area contributed by atoms with Crippen molar-refractivity contribution in [2.45, 2.75) is 11.8 Å². The van der Waals surface area contributed by atoms with Crippen molar-refractivity contribution in [2.75, 3.05) is 13.1 Å². The van der Waals surface area contributed by atoms with E-state index in [0.29, 0.717) is 24.7 Å². The number of nitrogens with zero attached hydrogens (tertiary/aromatic N) is 3. The molecule has 6 heteroatoms. The molecule has 1 fully saturated rings. The molecule has 1 aliphatic heterocycles. The zero-order valence-electron chi connectivity index (χ0n) is 13.5. The van der Waals surface area contributed by atoms with Crippen molar-refractivity contribution < 1.29 is 13.7 Å². The Balaban J connectivity index is 1.56. The van der Waals surface area contributed by atoms with Crippen molar-refractivity contribution in [3.8, 4) is 0 Å². The number of likely N-dealkylation sites (tertiary alicyclic amines) is 1. The summed E-state index contributed by atoms with van der Waals surface area (Å²) in [4.78, 5) is 18.6. The van der Waals surface area contributed by atoms with Crippen LogP contribution in [-0.4, -0.2) is 34.0 Å². The fourth-order valence-corrected chi connectivity index (χ4v) is 3.27. The molecule has 1 saturated heterocycles. The van der Waals surface area contributed by atoms with Gasteiger partial charge in [-0.2, -0.15) is 4.98 Å². The minimum Gasteiger partial charge on any atom is -0.465 e. The van der Waals surface area contributed by atoms with Crippen molar-refractivity contribution in [3.05, 3.63) is 78.3 Å². The van der Waals surface area contributed by atoms with Crippen molar-refractivity contribution in [1.82, 2.24) is 15.0 Å². The zero-order valence-corrected chi connectivity index (χ0v) is 13.5. The van der Waals surface area contributed by atoms with Gasteiger partial charge in [-0.3, -0.25) is 4.79 Å². The fraction of sp³-hybridized carbons (Fsp3) is 0.211.